The molecule has 2 fully saturated rings. The van der Waals surface area contributed by atoms with E-state index in [1.165, 1.54) is 12.8 Å². The first-order valence-electron chi connectivity index (χ1n) is 7.53. The molecule has 0 spiro atoms. The molecule has 1 saturated carbocycles. The number of carbonyl (C=O) groups excluding carboxylic acids is 1. The SMILES string of the molecule is Cc1n[nH]c(C)c1CC(=O)N1CCN(C2CC2)C(C#N)C1. The number of nitrogens with one attached hydrogen (secondary N) is 1. The third kappa shape index (κ3) is 2.79. The Kier molecular flexibility index (Phi) is 3.68. The summed E-state index contributed by atoms with van der Waals surface area (Å²) in [5, 5.41) is 16.4. The topological polar surface area (TPSA) is 76.0 Å². The molecule has 112 valence electrons. The van der Waals surface area contributed by atoms with Crippen LogP contribution in [0.1, 0.15) is 29.8 Å². The number of aromatic nitrogens is 2. The van der Waals surface area contributed by atoms with Gasteiger partial charge in [0.15, 0.2) is 0 Å². The molecule has 1 N–H and O–H groups in total. The molecule has 0 radical (unpaired) electrons. The number of rotatable bonds is 3. The molecule has 2 heterocycles. The summed E-state index contributed by atoms with van der Waals surface area (Å²) in [7, 11) is 0. The fourth-order valence-corrected chi connectivity index (χ4v) is 3.08. The Morgan fingerprint density at radius 1 is 1.43 bits per heavy atom. The van der Waals surface area contributed by atoms with E-state index < -0.39 is 0 Å². The number of carbonyl (C=O) groups is 1. The van der Waals surface area contributed by atoms with E-state index in [1.807, 2.05) is 18.7 Å². The Morgan fingerprint density at radius 3 is 2.76 bits per heavy atom. The average molecular weight is 287 g/mol. The van der Waals surface area contributed by atoms with Crippen LogP contribution in [0.25, 0.3) is 0 Å². The lowest BCUT2D eigenvalue weighted by atomic mass is 10.1. The Morgan fingerprint density at radius 2 is 2.19 bits per heavy atom. The monoisotopic (exact) mass is 287 g/mol. The molecule has 1 aliphatic heterocycles. The molecule has 1 amide bonds. The van der Waals surface area contributed by atoms with Crippen molar-refractivity contribution in [3.8, 4) is 6.07 Å². The van der Waals surface area contributed by atoms with Gasteiger partial charge in [-0.2, -0.15) is 10.4 Å². The third-order valence-electron chi connectivity index (χ3n) is 4.55. The zero-order chi connectivity index (χ0) is 15.0. The summed E-state index contributed by atoms with van der Waals surface area (Å²) < 4.78 is 0. The van der Waals surface area contributed by atoms with Crippen molar-refractivity contribution in [2.24, 2.45) is 0 Å². The number of hydrogen-bond acceptors (Lipinski definition) is 4. The summed E-state index contributed by atoms with van der Waals surface area (Å²) in [4.78, 5) is 16.6. The van der Waals surface area contributed by atoms with Crippen LogP contribution in [0.2, 0.25) is 0 Å². The van der Waals surface area contributed by atoms with Crippen molar-refractivity contribution in [3.63, 3.8) is 0 Å². The maximum atomic E-state index is 12.5. The second-order valence-electron chi connectivity index (χ2n) is 6.04. The molecule has 1 aromatic rings. The van der Waals surface area contributed by atoms with Crippen molar-refractivity contribution < 1.29 is 4.79 Å². The van der Waals surface area contributed by atoms with Crippen LogP contribution in [-0.2, 0) is 11.2 Å². The van der Waals surface area contributed by atoms with Crippen molar-refractivity contribution in [3.05, 3.63) is 17.0 Å². The lowest BCUT2D eigenvalue weighted by molar-refractivity contribution is -0.133. The summed E-state index contributed by atoms with van der Waals surface area (Å²) in [5.41, 5.74) is 2.82. The van der Waals surface area contributed by atoms with E-state index in [9.17, 15) is 10.1 Å². The first kappa shape index (κ1) is 14.1. The molecule has 1 aromatic heterocycles. The quantitative estimate of drug-likeness (QED) is 0.891. The minimum Gasteiger partial charge on any atom is -0.338 e. The predicted octanol–water partition coefficient (Wildman–Crippen LogP) is 0.768. The molecule has 3 rings (SSSR count). The van der Waals surface area contributed by atoms with Crippen LogP contribution in [0, 0.1) is 25.2 Å². The first-order valence-corrected chi connectivity index (χ1v) is 7.53. The van der Waals surface area contributed by atoms with E-state index in [0.717, 1.165) is 30.0 Å². The van der Waals surface area contributed by atoms with Gasteiger partial charge in [0, 0.05) is 36.9 Å². The minimum atomic E-state index is -0.151. The molecule has 1 aliphatic carbocycles. The van der Waals surface area contributed by atoms with E-state index in [0.29, 0.717) is 19.0 Å². The maximum absolute atomic E-state index is 12.5. The maximum Gasteiger partial charge on any atom is 0.227 e. The Bertz CT molecular complexity index is 564. The number of nitrogens with zero attached hydrogens (tertiary/aromatic N) is 4. The van der Waals surface area contributed by atoms with Gasteiger partial charge in [-0.15, -0.1) is 0 Å². The largest absolute Gasteiger partial charge is 0.338 e. The Hall–Kier alpha value is -1.87. The number of piperazine rings is 1. The molecule has 0 aromatic carbocycles. The molecule has 21 heavy (non-hydrogen) atoms. The smallest absolute Gasteiger partial charge is 0.227 e. The van der Waals surface area contributed by atoms with E-state index in [4.69, 9.17) is 0 Å². The van der Waals surface area contributed by atoms with Gasteiger partial charge in [-0.05, 0) is 26.7 Å². The average Bonchev–Trinajstić information content (AvgIpc) is 3.29. The summed E-state index contributed by atoms with van der Waals surface area (Å²) in [5.74, 6) is 0.0956. The Labute approximate surface area is 124 Å². The van der Waals surface area contributed by atoms with Gasteiger partial charge >= 0.3 is 0 Å². The minimum absolute atomic E-state index is 0.0956. The Balaban J connectivity index is 1.64. The van der Waals surface area contributed by atoms with Gasteiger partial charge in [0.1, 0.15) is 6.04 Å². The summed E-state index contributed by atoms with van der Waals surface area (Å²) >= 11 is 0. The van der Waals surface area contributed by atoms with E-state index >= 15 is 0 Å². The van der Waals surface area contributed by atoms with Crippen molar-refractivity contribution in [2.45, 2.75) is 45.2 Å². The first-order chi connectivity index (χ1) is 10.1. The lowest BCUT2D eigenvalue weighted by Crippen LogP contribution is -2.55. The van der Waals surface area contributed by atoms with Crippen LogP contribution in [0.3, 0.4) is 0 Å². The van der Waals surface area contributed by atoms with Gasteiger partial charge in [0.2, 0.25) is 5.91 Å². The van der Waals surface area contributed by atoms with Crippen LogP contribution in [0.15, 0.2) is 0 Å². The highest BCUT2D eigenvalue weighted by atomic mass is 16.2. The third-order valence-corrected chi connectivity index (χ3v) is 4.55. The predicted molar refractivity (Wildman–Crippen MR) is 77.5 cm³/mol. The summed E-state index contributed by atoms with van der Waals surface area (Å²) in [6, 6.07) is 2.78. The highest BCUT2D eigenvalue weighted by Gasteiger charge is 2.38. The zero-order valence-electron chi connectivity index (χ0n) is 12.6. The normalized spacial score (nSPS) is 23.1. The molecule has 6 nitrogen and oxygen atoms in total. The van der Waals surface area contributed by atoms with Gasteiger partial charge in [0.25, 0.3) is 0 Å². The van der Waals surface area contributed by atoms with E-state index in [-0.39, 0.29) is 11.9 Å². The molecule has 1 unspecified atom stereocenters. The molecule has 6 heteroatoms. The summed E-state index contributed by atoms with van der Waals surface area (Å²) in [6.07, 6.45) is 2.76. The molecular formula is C15H21N5O. The number of amides is 1. The van der Waals surface area contributed by atoms with E-state index in [1.54, 1.807) is 0 Å². The van der Waals surface area contributed by atoms with Crippen LogP contribution < -0.4 is 0 Å². The van der Waals surface area contributed by atoms with Gasteiger partial charge in [-0.3, -0.25) is 14.8 Å². The van der Waals surface area contributed by atoms with Gasteiger partial charge in [0.05, 0.1) is 18.2 Å². The number of nitriles is 1. The van der Waals surface area contributed by atoms with Crippen LogP contribution >= 0.6 is 0 Å². The van der Waals surface area contributed by atoms with E-state index in [2.05, 4.69) is 21.2 Å². The number of H-pyrrole nitrogens is 1. The van der Waals surface area contributed by atoms with Crippen molar-refractivity contribution in [1.29, 1.82) is 5.26 Å². The molecule has 1 saturated heterocycles. The second kappa shape index (κ2) is 5.49. The van der Waals surface area contributed by atoms with Gasteiger partial charge < -0.3 is 4.90 Å². The van der Waals surface area contributed by atoms with Crippen LogP contribution in [0.5, 0.6) is 0 Å². The van der Waals surface area contributed by atoms with Crippen LogP contribution in [0.4, 0.5) is 0 Å². The standard InChI is InChI=1S/C15H21N5O/c1-10-14(11(2)18-17-10)7-15(21)19-5-6-20(12-3-4-12)13(8-16)9-19/h12-13H,3-7,9H2,1-2H3,(H,17,18). The van der Waals surface area contributed by atoms with Crippen molar-refractivity contribution in [2.75, 3.05) is 19.6 Å². The molecule has 1 atom stereocenters. The molecule has 0 bridgehead atoms. The van der Waals surface area contributed by atoms with Crippen molar-refractivity contribution in [1.82, 2.24) is 20.0 Å². The highest BCUT2D eigenvalue weighted by molar-refractivity contribution is 5.79. The molecular weight excluding hydrogens is 266 g/mol. The molecule has 2 aliphatic rings. The van der Waals surface area contributed by atoms with Gasteiger partial charge in [-0.25, -0.2) is 0 Å². The zero-order valence-corrected chi connectivity index (χ0v) is 12.6. The van der Waals surface area contributed by atoms with Crippen molar-refractivity contribution >= 4 is 5.91 Å². The lowest BCUT2D eigenvalue weighted by Gasteiger charge is -2.38. The fraction of sp³-hybridized carbons (Fsp3) is 0.667. The highest BCUT2D eigenvalue weighted by Crippen LogP contribution is 2.30. The van der Waals surface area contributed by atoms with Crippen LogP contribution in [-0.4, -0.2) is 57.6 Å². The number of hydrogen-bond donors (Lipinski definition) is 1. The van der Waals surface area contributed by atoms with Gasteiger partial charge in [-0.1, -0.05) is 0 Å². The number of aromatic amines is 1. The summed E-state index contributed by atoms with van der Waals surface area (Å²) in [6.45, 7) is 5.92. The fourth-order valence-electron chi connectivity index (χ4n) is 3.08. The second-order valence-corrected chi connectivity index (χ2v) is 6.04. The number of aryl methyl sites for hydroxylation is 2.